The third kappa shape index (κ3) is 12.3. The van der Waals surface area contributed by atoms with E-state index >= 15 is 0 Å². The van der Waals surface area contributed by atoms with Crippen molar-refractivity contribution < 1.29 is 29.0 Å². The fourth-order valence-corrected chi connectivity index (χ4v) is 4.31. The van der Waals surface area contributed by atoms with Gasteiger partial charge in [0, 0.05) is 25.1 Å². The van der Waals surface area contributed by atoms with Gasteiger partial charge in [-0.2, -0.15) is 0 Å². The van der Waals surface area contributed by atoms with Crippen molar-refractivity contribution in [3.05, 3.63) is 29.3 Å². The van der Waals surface area contributed by atoms with Gasteiger partial charge in [-0.1, -0.05) is 64.2 Å². The predicted molar refractivity (Wildman–Crippen MR) is 156 cm³/mol. The van der Waals surface area contributed by atoms with Crippen LogP contribution in [0.1, 0.15) is 110 Å². The number of carbonyl (C=O) groups is 4. The number of hydrogen-bond donors (Lipinski definition) is 4. The van der Waals surface area contributed by atoms with Crippen LogP contribution in [0.5, 0.6) is 5.75 Å². The van der Waals surface area contributed by atoms with Crippen LogP contribution in [0.3, 0.4) is 0 Å². The minimum Gasteiger partial charge on any atom is -0.507 e. The molecule has 40 heavy (non-hydrogen) atoms. The lowest BCUT2D eigenvalue weighted by atomic mass is 9.98. The molecule has 0 aliphatic rings. The molecule has 4 amide bonds. The summed E-state index contributed by atoms with van der Waals surface area (Å²) in [4.78, 5) is 53.6. The van der Waals surface area contributed by atoms with Crippen LogP contribution < -0.4 is 16.4 Å². The number of benzene rings is 1. The van der Waals surface area contributed by atoms with Gasteiger partial charge in [0.05, 0.1) is 0 Å². The Morgan fingerprint density at radius 1 is 1.02 bits per heavy atom. The van der Waals surface area contributed by atoms with E-state index in [9.17, 15) is 24.3 Å². The normalized spacial score (nSPS) is 12.8. The Balaban J connectivity index is 3.54. The number of ether oxygens (including phenoxy) is 1. The molecule has 0 aromatic heterocycles. The highest BCUT2D eigenvalue weighted by Crippen LogP contribution is 2.33. The number of para-hydroxylation sites is 1. The number of carbonyl (C=O) groups excluding carboxylic acids is 4. The zero-order valence-corrected chi connectivity index (χ0v) is 25.2. The third-order valence-electron chi connectivity index (χ3n) is 6.41. The SMILES string of the molecule is CCCCCCN(C(=O)C(CCC(N)=O)NC(=O)OC(C)(C)C)C(C(=O)NCCCCC)c1cccc(C)c1O. The molecule has 0 fully saturated rings. The summed E-state index contributed by atoms with van der Waals surface area (Å²) in [5.41, 5.74) is 5.42. The smallest absolute Gasteiger partial charge is 0.408 e. The number of aryl methyl sites for hydroxylation is 1. The Hall–Kier alpha value is -3.30. The molecule has 0 bridgehead atoms. The van der Waals surface area contributed by atoms with Gasteiger partial charge in [-0.3, -0.25) is 14.4 Å². The number of primary amides is 1. The van der Waals surface area contributed by atoms with Gasteiger partial charge in [0.25, 0.3) is 0 Å². The molecule has 0 aliphatic carbocycles. The predicted octanol–water partition coefficient (Wildman–Crippen LogP) is 4.62. The van der Waals surface area contributed by atoms with Crippen molar-refractivity contribution in [2.45, 2.75) is 117 Å². The van der Waals surface area contributed by atoms with Gasteiger partial charge >= 0.3 is 6.09 Å². The van der Waals surface area contributed by atoms with Crippen molar-refractivity contribution in [1.29, 1.82) is 0 Å². The van der Waals surface area contributed by atoms with E-state index in [2.05, 4.69) is 24.5 Å². The Bertz CT molecular complexity index is 975. The van der Waals surface area contributed by atoms with Crippen molar-refractivity contribution >= 4 is 23.8 Å². The number of unbranched alkanes of at least 4 members (excludes halogenated alkanes) is 5. The number of phenolic OH excluding ortho intramolecular Hbond substituents is 1. The maximum absolute atomic E-state index is 14.2. The van der Waals surface area contributed by atoms with Crippen molar-refractivity contribution in [2.24, 2.45) is 5.73 Å². The van der Waals surface area contributed by atoms with E-state index < -0.39 is 41.5 Å². The molecule has 0 heterocycles. The van der Waals surface area contributed by atoms with Gasteiger partial charge in [0.2, 0.25) is 17.7 Å². The lowest BCUT2D eigenvalue weighted by Crippen LogP contribution is -2.53. The zero-order chi connectivity index (χ0) is 30.3. The van der Waals surface area contributed by atoms with E-state index in [4.69, 9.17) is 10.5 Å². The van der Waals surface area contributed by atoms with Gasteiger partial charge < -0.3 is 31.1 Å². The van der Waals surface area contributed by atoms with Crippen LogP contribution in [-0.2, 0) is 19.1 Å². The van der Waals surface area contributed by atoms with Gasteiger partial charge in [-0.25, -0.2) is 4.79 Å². The summed E-state index contributed by atoms with van der Waals surface area (Å²) in [5.74, 6) is -1.68. The van der Waals surface area contributed by atoms with E-state index in [0.717, 1.165) is 38.5 Å². The standard InChI is InChI=1S/C30H50N4O6/c1-7-9-11-13-20-34(28(38)23(17-18-24(31)35)33-29(39)40-30(4,5)6)25(27(37)32-19-12-10-8-2)22-16-14-15-21(3)26(22)36/h14-16,23,25,36H,7-13,17-20H2,1-6H3,(H2,31,35)(H,32,37)(H,33,39). The number of alkyl carbamates (subject to hydrolysis) is 1. The monoisotopic (exact) mass is 562 g/mol. The van der Waals surface area contributed by atoms with Gasteiger partial charge in [0.15, 0.2) is 0 Å². The molecular weight excluding hydrogens is 512 g/mol. The third-order valence-corrected chi connectivity index (χ3v) is 6.41. The number of nitrogens with one attached hydrogen (secondary N) is 2. The van der Waals surface area contributed by atoms with Crippen LogP contribution in [0.25, 0.3) is 0 Å². The quantitative estimate of drug-likeness (QED) is 0.204. The summed E-state index contributed by atoms with van der Waals surface area (Å²) < 4.78 is 5.37. The number of rotatable bonds is 17. The van der Waals surface area contributed by atoms with Crippen LogP contribution in [0.4, 0.5) is 4.79 Å². The second kappa shape index (κ2) is 17.4. The molecule has 5 N–H and O–H groups in total. The van der Waals surface area contributed by atoms with E-state index in [0.29, 0.717) is 24.1 Å². The van der Waals surface area contributed by atoms with Crippen molar-refractivity contribution in [3.63, 3.8) is 0 Å². The maximum Gasteiger partial charge on any atom is 0.408 e. The molecule has 2 unspecified atom stereocenters. The fourth-order valence-electron chi connectivity index (χ4n) is 4.31. The molecule has 0 spiro atoms. The molecule has 226 valence electrons. The van der Waals surface area contributed by atoms with Crippen LogP contribution >= 0.6 is 0 Å². The summed E-state index contributed by atoms with van der Waals surface area (Å²) in [6.45, 7) is 11.6. The molecule has 10 nitrogen and oxygen atoms in total. The Kier molecular flexibility index (Phi) is 15.1. The van der Waals surface area contributed by atoms with Crippen LogP contribution in [0, 0.1) is 6.92 Å². The first kappa shape index (κ1) is 34.7. The van der Waals surface area contributed by atoms with Crippen molar-refractivity contribution in [2.75, 3.05) is 13.1 Å². The molecule has 10 heteroatoms. The number of phenols is 1. The van der Waals surface area contributed by atoms with Gasteiger partial charge in [-0.15, -0.1) is 0 Å². The minimum atomic E-state index is -1.17. The first-order chi connectivity index (χ1) is 18.8. The van der Waals surface area contributed by atoms with E-state index in [-0.39, 0.29) is 25.1 Å². The molecule has 0 radical (unpaired) electrons. The molecule has 1 aromatic carbocycles. The highest BCUT2D eigenvalue weighted by atomic mass is 16.6. The minimum absolute atomic E-state index is 0.0660. The lowest BCUT2D eigenvalue weighted by Gasteiger charge is -2.35. The van der Waals surface area contributed by atoms with E-state index in [1.165, 1.54) is 4.90 Å². The van der Waals surface area contributed by atoms with Crippen molar-refractivity contribution in [3.8, 4) is 5.75 Å². The highest BCUT2D eigenvalue weighted by molar-refractivity contribution is 5.93. The number of amides is 4. The first-order valence-corrected chi connectivity index (χ1v) is 14.5. The fraction of sp³-hybridized carbons (Fsp3) is 0.667. The second-order valence-corrected chi connectivity index (χ2v) is 11.2. The van der Waals surface area contributed by atoms with E-state index in [1.807, 2.05) is 0 Å². The number of aromatic hydroxyl groups is 1. The first-order valence-electron chi connectivity index (χ1n) is 14.5. The Labute approximate surface area is 239 Å². The molecule has 0 saturated heterocycles. The maximum atomic E-state index is 14.2. The van der Waals surface area contributed by atoms with Gasteiger partial charge in [0.1, 0.15) is 23.4 Å². The summed E-state index contributed by atoms with van der Waals surface area (Å²) >= 11 is 0. The largest absolute Gasteiger partial charge is 0.507 e. The van der Waals surface area contributed by atoms with Crippen molar-refractivity contribution in [1.82, 2.24) is 15.5 Å². The van der Waals surface area contributed by atoms with Crippen LogP contribution in [-0.4, -0.2) is 58.6 Å². The summed E-state index contributed by atoms with van der Waals surface area (Å²) in [7, 11) is 0. The molecular formula is C30H50N4O6. The molecule has 1 rings (SSSR count). The summed E-state index contributed by atoms with van der Waals surface area (Å²) in [5, 5.41) is 16.5. The molecule has 2 atom stereocenters. The highest BCUT2D eigenvalue weighted by Gasteiger charge is 2.37. The van der Waals surface area contributed by atoms with E-state index in [1.54, 1.807) is 45.9 Å². The Morgan fingerprint density at radius 3 is 2.27 bits per heavy atom. The summed E-state index contributed by atoms with van der Waals surface area (Å²) in [6.07, 6.45) is 5.04. The van der Waals surface area contributed by atoms with Crippen LogP contribution in [0.15, 0.2) is 18.2 Å². The second-order valence-electron chi connectivity index (χ2n) is 11.2. The van der Waals surface area contributed by atoms with Crippen LogP contribution in [0.2, 0.25) is 0 Å². The average Bonchev–Trinajstić information content (AvgIpc) is 2.86. The Morgan fingerprint density at radius 2 is 1.68 bits per heavy atom. The molecule has 1 aromatic rings. The number of nitrogens with zero attached hydrogens (tertiary/aromatic N) is 1. The zero-order valence-electron chi connectivity index (χ0n) is 25.2. The molecule has 0 saturated carbocycles. The number of nitrogens with two attached hydrogens (primary N) is 1. The summed E-state index contributed by atoms with van der Waals surface area (Å²) in [6, 6.07) is 2.76. The topological polar surface area (TPSA) is 151 Å². The lowest BCUT2D eigenvalue weighted by molar-refractivity contribution is -0.143. The number of hydrogen-bond acceptors (Lipinski definition) is 6. The average molecular weight is 563 g/mol. The molecule has 0 aliphatic heterocycles. The van der Waals surface area contributed by atoms with Gasteiger partial charge in [-0.05, 0) is 52.5 Å².